The van der Waals surface area contributed by atoms with Crippen molar-refractivity contribution in [1.29, 1.82) is 0 Å². The summed E-state index contributed by atoms with van der Waals surface area (Å²) in [6.07, 6.45) is 1.26. The second-order valence-corrected chi connectivity index (χ2v) is 3.93. The quantitative estimate of drug-likeness (QED) is 0.705. The molecule has 0 aliphatic carbocycles. The number of hydrogen-bond acceptors (Lipinski definition) is 5. The van der Waals surface area contributed by atoms with E-state index >= 15 is 0 Å². The van der Waals surface area contributed by atoms with Crippen LogP contribution in [0, 0.1) is 0 Å². The number of anilines is 2. The first-order valence-electron chi connectivity index (χ1n) is 6.06. The van der Waals surface area contributed by atoms with E-state index in [1.54, 1.807) is 0 Å². The van der Waals surface area contributed by atoms with Crippen LogP contribution in [0.4, 0.5) is 11.9 Å². The molecular weight excluding hydrogens is 250 g/mol. The van der Waals surface area contributed by atoms with E-state index in [4.69, 9.17) is 11.5 Å². The number of nitrogens with zero attached hydrogens (tertiary/aromatic N) is 3. The zero-order valence-electron chi connectivity index (χ0n) is 10.8. The summed E-state index contributed by atoms with van der Waals surface area (Å²) in [5.41, 5.74) is 12.8. The van der Waals surface area contributed by atoms with Gasteiger partial charge in [0.15, 0.2) is 0 Å². The summed E-state index contributed by atoms with van der Waals surface area (Å²) in [6.45, 7) is 0. The Balaban J connectivity index is 0.000000160. The Labute approximate surface area is 117 Å². The highest BCUT2D eigenvalue weighted by Gasteiger charge is 1.91. The van der Waals surface area contributed by atoms with Crippen molar-refractivity contribution in [3.05, 3.63) is 67.0 Å². The van der Waals surface area contributed by atoms with Crippen LogP contribution >= 0.6 is 0 Å². The molecule has 0 radical (unpaired) electrons. The highest BCUT2D eigenvalue weighted by molar-refractivity contribution is 5.62. The maximum atomic E-state index is 5.12. The molecule has 0 spiro atoms. The van der Waals surface area contributed by atoms with Crippen LogP contribution in [0.2, 0.25) is 0 Å². The minimum atomic E-state index is 0.150. The predicted octanol–water partition coefficient (Wildman–Crippen LogP) is 2.39. The minimum absolute atomic E-state index is 0.150. The second kappa shape index (κ2) is 6.84. The monoisotopic (exact) mass is 265 g/mol. The summed E-state index contributed by atoms with van der Waals surface area (Å²) in [4.78, 5) is 10.5. The third-order valence-electron chi connectivity index (χ3n) is 2.49. The number of nitrogen functional groups attached to an aromatic ring is 2. The van der Waals surface area contributed by atoms with E-state index < -0.39 is 0 Å². The largest absolute Gasteiger partial charge is 0.368 e. The van der Waals surface area contributed by atoms with Gasteiger partial charge in [0.2, 0.25) is 11.9 Å². The topological polar surface area (TPSA) is 90.7 Å². The molecule has 0 unspecified atom stereocenters. The standard InChI is InChI=1S/C12H10.C3H5N5/c1-3-7-11(8-4-1)12-9-5-2-6-10-12;4-2-6-1-7-3(5)8-2/h1-10H;1H,(H4,4,5,6,7,8). The van der Waals surface area contributed by atoms with Crippen LogP contribution in [0.3, 0.4) is 0 Å². The summed E-state index contributed by atoms with van der Waals surface area (Å²) in [7, 11) is 0. The summed E-state index contributed by atoms with van der Waals surface area (Å²) < 4.78 is 0. The fourth-order valence-electron chi connectivity index (χ4n) is 1.58. The van der Waals surface area contributed by atoms with Crippen molar-refractivity contribution in [1.82, 2.24) is 15.0 Å². The summed E-state index contributed by atoms with van der Waals surface area (Å²) in [5.74, 6) is 0.301. The van der Waals surface area contributed by atoms with Gasteiger partial charge in [-0.1, -0.05) is 60.7 Å². The van der Waals surface area contributed by atoms with Gasteiger partial charge in [0, 0.05) is 0 Å². The molecule has 100 valence electrons. The van der Waals surface area contributed by atoms with Gasteiger partial charge >= 0.3 is 0 Å². The van der Waals surface area contributed by atoms with Crippen LogP contribution in [0.25, 0.3) is 11.1 Å². The van der Waals surface area contributed by atoms with Crippen molar-refractivity contribution in [3.8, 4) is 11.1 Å². The lowest BCUT2D eigenvalue weighted by molar-refractivity contribution is 1.08. The van der Waals surface area contributed by atoms with Crippen LogP contribution < -0.4 is 11.5 Å². The molecule has 0 atom stereocenters. The lowest BCUT2D eigenvalue weighted by atomic mass is 10.1. The first-order chi connectivity index (χ1) is 9.75. The Morgan fingerprint density at radius 2 is 1.00 bits per heavy atom. The van der Waals surface area contributed by atoms with Gasteiger partial charge in [-0.05, 0) is 11.1 Å². The first kappa shape index (κ1) is 13.5. The molecule has 5 heteroatoms. The Bertz CT molecular complexity index is 586. The van der Waals surface area contributed by atoms with Crippen molar-refractivity contribution >= 4 is 11.9 Å². The third-order valence-corrected chi connectivity index (χ3v) is 2.49. The van der Waals surface area contributed by atoms with Gasteiger partial charge in [0.1, 0.15) is 6.33 Å². The first-order valence-corrected chi connectivity index (χ1v) is 6.06. The molecule has 20 heavy (non-hydrogen) atoms. The Morgan fingerprint density at radius 1 is 0.600 bits per heavy atom. The van der Waals surface area contributed by atoms with E-state index in [0.717, 1.165) is 0 Å². The fraction of sp³-hybridized carbons (Fsp3) is 0. The smallest absolute Gasteiger partial charge is 0.224 e. The second-order valence-electron chi connectivity index (χ2n) is 3.93. The van der Waals surface area contributed by atoms with Crippen LogP contribution in [-0.2, 0) is 0 Å². The van der Waals surface area contributed by atoms with E-state index in [2.05, 4.69) is 63.5 Å². The fourth-order valence-corrected chi connectivity index (χ4v) is 1.58. The molecule has 5 nitrogen and oxygen atoms in total. The minimum Gasteiger partial charge on any atom is -0.368 e. The van der Waals surface area contributed by atoms with Gasteiger partial charge in [-0.3, -0.25) is 0 Å². The molecule has 2 aromatic carbocycles. The molecule has 0 aliphatic rings. The van der Waals surface area contributed by atoms with E-state index in [9.17, 15) is 0 Å². The number of hydrogen-bond donors (Lipinski definition) is 2. The molecule has 0 aliphatic heterocycles. The number of rotatable bonds is 1. The lowest BCUT2D eigenvalue weighted by Gasteiger charge is -1.98. The molecule has 4 N–H and O–H groups in total. The number of benzene rings is 2. The van der Waals surface area contributed by atoms with Crippen molar-refractivity contribution in [2.75, 3.05) is 11.5 Å². The summed E-state index contributed by atoms with van der Waals surface area (Å²) in [6, 6.07) is 20.8. The Kier molecular flexibility index (Phi) is 4.61. The predicted molar refractivity (Wildman–Crippen MR) is 80.5 cm³/mol. The van der Waals surface area contributed by atoms with Gasteiger partial charge in [-0.25, -0.2) is 9.97 Å². The normalized spacial score (nSPS) is 9.40. The molecule has 3 rings (SSSR count). The van der Waals surface area contributed by atoms with Gasteiger partial charge in [0.25, 0.3) is 0 Å². The molecule has 0 fully saturated rings. The van der Waals surface area contributed by atoms with E-state index in [1.165, 1.54) is 17.5 Å². The van der Waals surface area contributed by atoms with Crippen LogP contribution in [0.15, 0.2) is 67.0 Å². The van der Waals surface area contributed by atoms with Crippen molar-refractivity contribution < 1.29 is 0 Å². The molecule has 3 aromatic rings. The van der Waals surface area contributed by atoms with Crippen LogP contribution in [0.1, 0.15) is 0 Å². The van der Waals surface area contributed by atoms with Gasteiger partial charge in [0.05, 0.1) is 0 Å². The molecule has 0 amide bonds. The average Bonchev–Trinajstić information content (AvgIpc) is 2.49. The third kappa shape index (κ3) is 4.06. The molecule has 1 heterocycles. The van der Waals surface area contributed by atoms with Gasteiger partial charge in [-0.15, -0.1) is 0 Å². The average molecular weight is 265 g/mol. The van der Waals surface area contributed by atoms with Crippen molar-refractivity contribution in [3.63, 3.8) is 0 Å². The van der Waals surface area contributed by atoms with Gasteiger partial charge < -0.3 is 11.5 Å². The number of aromatic nitrogens is 3. The van der Waals surface area contributed by atoms with Crippen LogP contribution in [0.5, 0.6) is 0 Å². The zero-order valence-corrected chi connectivity index (χ0v) is 10.8. The van der Waals surface area contributed by atoms with E-state index in [1.807, 2.05) is 12.1 Å². The molecular formula is C15H15N5. The van der Waals surface area contributed by atoms with E-state index in [0.29, 0.717) is 0 Å². The SMILES string of the molecule is Nc1ncnc(N)n1.c1ccc(-c2ccccc2)cc1. The zero-order chi connectivity index (χ0) is 14.2. The maximum absolute atomic E-state index is 5.12. The molecule has 1 aromatic heterocycles. The van der Waals surface area contributed by atoms with E-state index in [-0.39, 0.29) is 11.9 Å². The van der Waals surface area contributed by atoms with Gasteiger partial charge in [-0.2, -0.15) is 4.98 Å². The summed E-state index contributed by atoms with van der Waals surface area (Å²) >= 11 is 0. The molecule has 0 saturated heterocycles. The lowest BCUT2D eigenvalue weighted by Crippen LogP contribution is -2.00. The molecule has 0 saturated carbocycles. The Hall–Kier alpha value is -2.95. The number of nitrogens with two attached hydrogens (primary N) is 2. The van der Waals surface area contributed by atoms with Crippen LogP contribution in [-0.4, -0.2) is 15.0 Å². The highest BCUT2D eigenvalue weighted by atomic mass is 15.1. The molecule has 0 bridgehead atoms. The van der Waals surface area contributed by atoms with Crippen molar-refractivity contribution in [2.45, 2.75) is 0 Å². The highest BCUT2D eigenvalue weighted by Crippen LogP contribution is 2.17. The summed E-state index contributed by atoms with van der Waals surface area (Å²) in [5, 5.41) is 0. The Morgan fingerprint density at radius 3 is 1.30 bits per heavy atom. The van der Waals surface area contributed by atoms with Crippen molar-refractivity contribution in [2.24, 2.45) is 0 Å². The maximum Gasteiger partial charge on any atom is 0.224 e.